The lowest BCUT2D eigenvalue weighted by Crippen LogP contribution is -2.08. The number of alkyl halides is 4. The third kappa shape index (κ3) is 2.51. The Balaban J connectivity index is 1.97. The normalized spacial score (nSPS) is 15.8. The van der Waals surface area contributed by atoms with Crippen LogP contribution in [0.5, 0.6) is 0 Å². The Labute approximate surface area is 120 Å². The van der Waals surface area contributed by atoms with Gasteiger partial charge in [0.1, 0.15) is 0 Å². The average molecular weight is 299 g/mol. The van der Waals surface area contributed by atoms with Crippen LogP contribution in [0.1, 0.15) is 34.9 Å². The van der Waals surface area contributed by atoms with Crippen LogP contribution in [-0.4, -0.2) is 6.18 Å². The summed E-state index contributed by atoms with van der Waals surface area (Å²) in [6.45, 7) is 0. The maximum Gasteiger partial charge on any atom is 0.389 e. The molecular weight excluding hydrogens is 285 g/mol. The summed E-state index contributed by atoms with van der Waals surface area (Å²) in [5, 5.41) is 1.61. The third-order valence-corrected chi connectivity index (χ3v) is 4.38. The molecule has 1 aliphatic rings. The van der Waals surface area contributed by atoms with Gasteiger partial charge in [-0.1, -0.05) is 30.3 Å². The van der Waals surface area contributed by atoms with E-state index < -0.39 is 18.0 Å². The van der Waals surface area contributed by atoms with Crippen molar-refractivity contribution >= 4 is 22.4 Å². The van der Waals surface area contributed by atoms with Gasteiger partial charge in [0.15, 0.2) is 0 Å². The van der Waals surface area contributed by atoms with Crippen LogP contribution in [0.4, 0.5) is 13.2 Å². The van der Waals surface area contributed by atoms with Crippen LogP contribution < -0.4 is 0 Å². The van der Waals surface area contributed by atoms with Crippen molar-refractivity contribution in [2.75, 3.05) is 0 Å². The van der Waals surface area contributed by atoms with E-state index in [2.05, 4.69) is 6.07 Å². The molecule has 4 heteroatoms. The largest absolute Gasteiger partial charge is 0.389 e. The molecule has 1 unspecified atom stereocenters. The van der Waals surface area contributed by atoms with Crippen molar-refractivity contribution in [1.82, 2.24) is 0 Å². The zero-order chi connectivity index (χ0) is 14.3. The molecule has 1 aliphatic carbocycles. The summed E-state index contributed by atoms with van der Waals surface area (Å²) in [4.78, 5) is 0. The number of rotatable bonds is 3. The van der Waals surface area contributed by atoms with E-state index in [0.717, 1.165) is 23.8 Å². The predicted octanol–water partition coefficient (Wildman–Crippen LogP) is 5.56. The number of benzene rings is 2. The summed E-state index contributed by atoms with van der Waals surface area (Å²) in [5.74, 6) is 0. The molecule has 0 bridgehead atoms. The first-order valence-electron chi connectivity index (χ1n) is 6.70. The Kier molecular flexibility index (Phi) is 3.41. The standard InChI is InChI=1S/C16H14ClF3/c17-14(8-9-16(18,19)20)12-7-6-11-5-4-10-2-1-3-13(12)15(10)11/h1-3,6-7,14H,4-5,8-9H2. The first kappa shape index (κ1) is 13.7. The van der Waals surface area contributed by atoms with Gasteiger partial charge in [-0.05, 0) is 46.7 Å². The van der Waals surface area contributed by atoms with Crippen molar-refractivity contribution in [2.24, 2.45) is 0 Å². The van der Waals surface area contributed by atoms with Crippen LogP contribution in [0.2, 0.25) is 0 Å². The lowest BCUT2D eigenvalue weighted by molar-refractivity contribution is -0.135. The van der Waals surface area contributed by atoms with Crippen LogP contribution in [0.15, 0.2) is 30.3 Å². The third-order valence-electron chi connectivity index (χ3n) is 3.93. The minimum Gasteiger partial charge on any atom is -0.171 e. The van der Waals surface area contributed by atoms with Crippen LogP contribution >= 0.6 is 11.6 Å². The summed E-state index contributed by atoms with van der Waals surface area (Å²) in [5.41, 5.74) is 3.37. The average Bonchev–Trinajstić information content (AvgIpc) is 2.81. The minimum absolute atomic E-state index is 0.0796. The molecule has 0 saturated heterocycles. The lowest BCUT2D eigenvalue weighted by Gasteiger charge is -2.15. The molecule has 0 aliphatic heterocycles. The van der Waals surface area contributed by atoms with E-state index in [-0.39, 0.29) is 6.42 Å². The molecule has 2 aromatic rings. The Hall–Kier alpha value is -1.22. The summed E-state index contributed by atoms with van der Waals surface area (Å²) in [7, 11) is 0. The zero-order valence-electron chi connectivity index (χ0n) is 10.8. The molecule has 0 amide bonds. The topological polar surface area (TPSA) is 0 Å². The second kappa shape index (κ2) is 4.96. The van der Waals surface area contributed by atoms with Gasteiger partial charge in [0.25, 0.3) is 0 Å². The smallest absolute Gasteiger partial charge is 0.171 e. The van der Waals surface area contributed by atoms with Gasteiger partial charge < -0.3 is 0 Å². The van der Waals surface area contributed by atoms with Gasteiger partial charge in [-0.15, -0.1) is 11.6 Å². The van der Waals surface area contributed by atoms with Crippen molar-refractivity contribution in [3.63, 3.8) is 0 Å². The fourth-order valence-electron chi connectivity index (χ4n) is 2.99. The Morgan fingerprint density at radius 2 is 1.75 bits per heavy atom. The van der Waals surface area contributed by atoms with E-state index in [1.807, 2.05) is 24.3 Å². The summed E-state index contributed by atoms with van der Waals surface area (Å²) in [6.07, 6.45) is -3.06. The molecule has 0 radical (unpaired) electrons. The van der Waals surface area contributed by atoms with Gasteiger partial charge in [0.05, 0.1) is 5.38 Å². The van der Waals surface area contributed by atoms with Gasteiger partial charge >= 0.3 is 6.18 Å². The van der Waals surface area contributed by atoms with Crippen molar-refractivity contribution < 1.29 is 13.2 Å². The fourth-order valence-corrected chi connectivity index (χ4v) is 3.29. The highest BCUT2D eigenvalue weighted by Crippen LogP contribution is 2.39. The SMILES string of the molecule is FC(F)(F)CCC(Cl)c1ccc2c3c(cccc13)CC2. The second-order valence-electron chi connectivity index (χ2n) is 5.27. The van der Waals surface area contributed by atoms with Crippen LogP contribution in [0.25, 0.3) is 10.8 Å². The van der Waals surface area contributed by atoms with E-state index in [1.54, 1.807) is 0 Å². The number of hydrogen-bond acceptors (Lipinski definition) is 0. The molecule has 106 valence electrons. The van der Waals surface area contributed by atoms with Crippen LogP contribution in [0, 0.1) is 0 Å². The van der Waals surface area contributed by atoms with Crippen molar-refractivity contribution in [3.05, 3.63) is 47.0 Å². The van der Waals surface area contributed by atoms with Crippen molar-refractivity contribution in [2.45, 2.75) is 37.2 Å². The Bertz CT molecular complexity index is 636. The van der Waals surface area contributed by atoms with E-state index in [4.69, 9.17) is 11.6 Å². The predicted molar refractivity (Wildman–Crippen MR) is 75.2 cm³/mol. The molecule has 2 aromatic carbocycles. The molecule has 20 heavy (non-hydrogen) atoms. The number of hydrogen-bond donors (Lipinski definition) is 0. The second-order valence-corrected chi connectivity index (χ2v) is 5.80. The Morgan fingerprint density at radius 3 is 2.45 bits per heavy atom. The molecule has 0 saturated carbocycles. The molecule has 0 fully saturated rings. The molecule has 0 N–H and O–H groups in total. The molecule has 0 spiro atoms. The first-order valence-corrected chi connectivity index (χ1v) is 7.13. The Morgan fingerprint density at radius 1 is 1.05 bits per heavy atom. The zero-order valence-corrected chi connectivity index (χ0v) is 11.6. The number of aryl methyl sites for hydroxylation is 2. The highest BCUT2D eigenvalue weighted by atomic mass is 35.5. The van der Waals surface area contributed by atoms with Gasteiger partial charge in [-0.25, -0.2) is 0 Å². The van der Waals surface area contributed by atoms with E-state index in [0.29, 0.717) is 0 Å². The van der Waals surface area contributed by atoms with Gasteiger partial charge in [0, 0.05) is 6.42 Å². The van der Waals surface area contributed by atoms with E-state index >= 15 is 0 Å². The van der Waals surface area contributed by atoms with Crippen LogP contribution in [-0.2, 0) is 12.8 Å². The molecule has 0 heterocycles. The summed E-state index contributed by atoms with van der Waals surface area (Å²) < 4.78 is 37.0. The van der Waals surface area contributed by atoms with Crippen molar-refractivity contribution in [1.29, 1.82) is 0 Å². The van der Waals surface area contributed by atoms with Gasteiger partial charge in [-0.2, -0.15) is 13.2 Å². The molecule has 3 rings (SSSR count). The van der Waals surface area contributed by atoms with Crippen LogP contribution in [0.3, 0.4) is 0 Å². The minimum atomic E-state index is -4.15. The maximum absolute atomic E-state index is 12.3. The first-order chi connectivity index (χ1) is 9.46. The molecule has 0 aromatic heterocycles. The highest BCUT2D eigenvalue weighted by molar-refractivity contribution is 6.22. The summed E-state index contributed by atoms with van der Waals surface area (Å²) >= 11 is 6.22. The monoisotopic (exact) mass is 298 g/mol. The lowest BCUT2D eigenvalue weighted by atomic mass is 9.96. The molecular formula is C16H14ClF3. The highest BCUT2D eigenvalue weighted by Gasteiger charge is 2.29. The number of halogens is 4. The molecule has 0 nitrogen and oxygen atoms in total. The summed E-state index contributed by atoms with van der Waals surface area (Å²) in [6, 6.07) is 9.91. The fraction of sp³-hybridized carbons (Fsp3) is 0.375. The maximum atomic E-state index is 12.3. The van der Waals surface area contributed by atoms with E-state index in [9.17, 15) is 13.2 Å². The van der Waals surface area contributed by atoms with Crippen molar-refractivity contribution in [3.8, 4) is 0 Å². The van der Waals surface area contributed by atoms with E-state index in [1.165, 1.54) is 16.5 Å². The quantitative estimate of drug-likeness (QED) is 0.651. The molecule has 1 atom stereocenters. The van der Waals surface area contributed by atoms with Gasteiger partial charge in [-0.3, -0.25) is 0 Å². The van der Waals surface area contributed by atoms with Gasteiger partial charge in [0.2, 0.25) is 0 Å².